The molecule has 0 bridgehead atoms. The molecule has 5 heteroatoms. The number of nitrogens with one attached hydrogen (secondary N) is 2. The molecule has 1 aliphatic carbocycles. The summed E-state index contributed by atoms with van der Waals surface area (Å²) in [6.45, 7) is 0.657. The quantitative estimate of drug-likeness (QED) is 0.722. The van der Waals surface area contributed by atoms with E-state index >= 15 is 0 Å². The summed E-state index contributed by atoms with van der Waals surface area (Å²) in [5, 5.41) is 20.1. The molecule has 0 amide bonds. The highest BCUT2D eigenvalue weighted by molar-refractivity contribution is 5.04. The Morgan fingerprint density at radius 3 is 2.71 bits per heavy atom. The highest BCUT2D eigenvalue weighted by atomic mass is 16.3. The zero-order chi connectivity index (χ0) is 11.7. The molecule has 2 atom stereocenters. The van der Waals surface area contributed by atoms with E-state index in [1.54, 1.807) is 0 Å². The van der Waals surface area contributed by atoms with Crippen LogP contribution in [0.2, 0.25) is 0 Å². The molecule has 1 saturated carbocycles. The number of aliphatic hydroxyl groups is 1. The van der Waals surface area contributed by atoms with Crippen LogP contribution >= 0.6 is 0 Å². The molecule has 2 aliphatic rings. The average molecular weight is 236 g/mol. The zero-order valence-electron chi connectivity index (χ0n) is 10.0. The second-order valence-corrected chi connectivity index (χ2v) is 5.26. The first kappa shape index (κ1) is 11.2. The Bertz CT molecular complexity index is 353. The molecule has 1 aromatic rings. The molecule has 5 nitrogen and oxygen atoms in total. The summed E-state index contributed by atoms with van der Waals surface area (Å²) in [5.41, 5.74) is 0. The largest absolute Gasteiger partial charge is 0.392 e. The number of nitrogens with zero attached hydrogens (tertiary/aromatic N) is 2. The lowest BCUT2D eigenvalue weighted by molar-refractivity contribution is 0.193. The minimum atomic E-state index is -0.247. The third-order valence-electron chi connectivity index (χ3n) is 3.93. The Hall–Kier alpha value is -0.940. The van der Waals surface area contributed by atoms with Crippen molar-refractivity contribution in [3.05, 3.63) is 11.6 Å². The van der Waals surface area contributed by atoms with E-state index in [0.717, 1.165) is 18.1 Å². The maximum Gasteiger partial charge on any atom is 0.153 e. The lowest BCUT2D eigenvalue weighted by Gasteiger charge is -2.18. The smallest absolute Gasteiger partial charge is 0.153 e. The second-order valence-electron chi connectivity index (χ2n) is 5.26. The second kappa shape index (κ2) is 4.74. The molecular weight excluding hydrogens is 216 g/mol. The molecule has 0 aromatic carbocycles. The molecule has 1 aromatic heterocycles. The molecular formula is C12H20N4O. The van der Waals surface area contributed by atoms with Crippen molar-refractivity contribution in [3.63, 3.8) is 0 Å². The number of rotatable bonds is 2. The van der Waals surface area contributed by atoms with Crippen molar-refractivity contribution in [1.29, 1.82) is 0 Å². The summed E-state index contributed by atoms with van der Waals surface area (Å²) in [4.78, 5) is 4.61. The van der Waals surface area contributed by atoms with E-state index in [1.807, 2.05) is 0 Å². The van der Waals surface area contributed by atoms with E-state index in [2.05, 4.69) is 20.5 Å². The van der Waals surface area contributed by atoms with Gasteiger partial charge in [-0.3, -0.25) is 5.10 Å². The van der Waals surface area contributed by atoms with Crippen molar-refractivity contribution in [2.75, 3.05) is 6.54 Å². The van der Waals surface area contributed by atoms with E-state index in [0.29, 0.717) is 12.5 Å². The summed E-state index contributed by atoms with van der Waals surface area (Å²) in [5.74, 6) is 2.41. The van der Waals surface area contributed by atoms with Gasteiger partial charge in [0, 0.05) is 12.5 Å². The van der Waals surface area contributed by atoms with Crippen LogP contribution in [0.3, 0.4) is 0 Å². The van der Waals surface area contributed by atoms with Crippen molar-refractivity contribution >= 4 is 0 Å². The third kappa shape index (κ3) is 2.35. The Balaban J connectivity index is 1.69. The van der Waals surface area contributed by atoms with Crippen LogP contribution in [0.1, 0.15) is 62.1 Å². The predicted octanol–water partition coefficient (Wildman–Crippen LogP) is 1.25. The van der Waals surface area contributed by atoms with Crippen LogP contribution in [0.25, 0.3) is 0 Å². The van der Waals surface area contributed by atoms with Gasteiger partial charge in [0.15, 0.2) is 5.82 Å². The molecule has 2 fully saturated rings. The minimum Gasteiger partial charge on any atom is -0.392 e. The number of H-pyrrole nitrogens is 1. The monoisotopic (exact) mass is 236 g/mol. The van der Waals surface area contributed by atoms with E-state index in [9.17, 15) is 5.11 Å². The lowest BCUT2D eigenvalue weighted by atomic mass is 9.89. The number of aliphatic hydroxyl groups excluding tert-OH is 1. The molecule has 94 valence electrons. The molecule has 0 radical (unpaired) electrons. The molecule has 17 heavy (non-hydrogen) atoms. The van der Waals surface area contributed by atoms with Gasteiger partial charge in [0.2, 0.25) is 0 Å². The lowest BCUT2D eigenvalue weighted by Crippen LogP contribution is -2.16. The maximum absolute atomic E-state index is 9.49. The summed E-state index contributed by atoms with van der Waals surface area (Å²) in [7, 11) is 0. The standard InChI is InChI=1S/C12H20N4O/c17-9-6-10(13-7-9)12-14-11(15-16-12)8-4-2-1-3-5-8/h8-10,13,17H,1-7H2,(H,14,15,16)/t9?,10-/m0/s1. The first-order valence-electron chi connectivity index (χ1n) is 6.66. The fourth-order valence-corrected chi connectivity index (χ4v) is 2.91. The molecule has 0 spiro atoms. The van der Waals surface area contributed by atoms with Gasteiger partial charge in [0.1, 0.15) is 5.82 Å². The van der Waals surface area contributed by atoms with Crippen LogP contribution in [0.15, 0.2) is 0 Å². The van der Waals surface area contributed by atoms with Gasteiger partial charge in [-0.1, -0.05) is 19.3 Å². The third-order valence-corrected chi connectivity index (χ3v) is 3.93. The van der Waals surface area contributed by atoms with Crippen LogP contribution in [-0.2, 0) is 0 Å². The topological polar surface area (TPSA) is 73.8 Å². The van der Waals surface area contributed by atoms with E-state index in [1.165, 1.54) is 32.1 Å². The summed E-state index contributed by atoms with van der Waals surface area (Å²) in [6.07, 6.45) is 6.88. The van der Waals surface area contributed by atoms with Crippen LogP contribution in [-0.4, -0.2) is 32.9 Å². The van der Waals surface area contributed by atoms with E-state index in [-0.39, 0.29) is 12.1 Å². The Morgan fingerprint density at radius 2 is 2.00 bits per heavy atom. The summed E-state index contributed by atoms with van der Waals surface area (Å²) >= 11 is 0. The minimum absolute atomic E-state index is 0.148. The van der Waals surface area contributed by atoms with Crippen molar-refractivity contribution < 1.29 is 5.11 Å². The predicted molar refractivity (Wildman–Crippen MR) is 63.6 cm³/mol. The van der Waals surface area contributed by atoms with Crippen molar-refractivity contribution in [1.82, 2.24) is 20.5 Å². The van der Waals surface area contributed by atoms with Crippen molar-refractivity contribution in [3.8, 4) is 0 Å². The highest BCUT2D eigenvalue weighted by Crippen LogP contribution is 2.31. The fourth-order valence-electron chi connectivity index (χ4n) is 2.91. The van der Waals surface area contributed by atoms with Gasteiger partial charge in [-0.25, -0.2) is 4.98 Å². The van der Waals surface area contributed by atoms with Crippen LogP contribution < -0.4 is 5.32 Å². The fraction of sp³-hybridized carbons (Fsp3) is 0.833. The normalized spacial score (nSPS) is 30.9. The maximum atomic E-state index is 9.49. The van der Waals surface area contributed by atoms with Gasteiger partial charge in [-0.05, 0) is 19.3 Å². The van der Waals surface area contributed by atoms with Crippen LogP contribution in [0.5, 0.6) is 0 Å². The molecule has 2 heterocycles. The number of aromatic nitrogens is 3. The Morgan fingerprint density at radius 1 is 1.18 bits per heavy atom. The zero-order valence-corrected chi connectivity index (χ0v) is 10.0. The number of hydrogen-bond acceptors (Lipinski definition) is 4. The van der Waals surface area contributed by atoms with Gasteiger partial charge in [0.25, 0.3) is 0 Å². The van der Waals surface area contributed by atoms with Gasteiger partial charge < -0.3 is 10.4 Å². The average Bonchev–Trinajstić information content (AvgIpc) is 2.98. The number of hydrogen-bond donors (Lipinski definition) is 3. The molecule has 1 unspecified atom stereocenters. The summed E-state index contributed by atoms with van der Waals surface area (Å²) in [6, 6.07) is 0.148. The first-order chi connectivity index (χ1) is 8.33. The van der Waals surface area contributed by atoms with Crippen molar-refractivity contribution in [2.24, 2.45) is 0 Å². The van der Waals surface area contributed by atoms with Crippen molar-refractivity contribution in [2.45, 2.75) is 56.6 Å². The Labute approximate surface area is 101 Å². The number of β-amino-alcohol motifs (C(OH)–C–C–N with tert-alkyl or cyclic N) is 1. The number of aromatic amines is 1. The molecule has 1 aliphatic heterocycles. The van der Waals surface area contributed by atoms with Crippen LogP contribution in [0, 0.1) is 0 Å². The Kier molecular flexibility index (Phi) is 3.11. The van der Waals surface area contributed by atoms with Gasteiger partial charge in [-0.2, -0.15) is 5.10 Å². The first-order valence-corrected chi connectivity index (χ1v) is 6.66. The van der Waals surface area contributed by atoms with Crippen LogP contribution in [0.4, 0.5) is 0 Å². The molecule has 3 rings (SSSR count). The van der Waals surface area contributed by atoms with Gasteiger partial charge >= 0.3 is 0 Å². The van der Waals surface area contributed by atoms with Gasteiger partial charge in [-0.15, -0.1) is 0 Å². The summed E-state index contributed by atoms with van der Waals surface area (Å²) < 4.78 is 0. The molecule has 1 saturated heterocycles. The SMILES string of the molecule is OC1CN[C@H](c2nc(C3CCCCC3)n[nH]2)C1. The highest BCUT2D eigenvalue weighted by Gasteiger charge is 2.27. The van der Waals surface area contributed by atoms with E-state index in [4.69, 9.17) is 0 Å². The van der Waals surface area contributed by atoms with Gasteiger partial charge in [0.05, 0.1) is 12.1 Å². The van der Waals surface area contributed by atoms with E-state index < -0.39 is 0 Å². The molecule has 3 N–H and O–H groups in total.